The molecule has 1 aliphatic rings. The average molecular weight is 291 g/mol. The van der Waals surface area contributed by atoms with Crippen LogP contribution in [0.1, 0.15) is 6.42 Å². The third-order valence-corrected chi connectivity index (χ3v) is 3.53. The molecule has 0 bridgehead atoms. The molecule has 6 nitrogen and oxygen atoms in total. The Morgan fingerprint density at radius 2 is 2.19 bits per heavy atom. The van der Waals surface area contributed by atoms with Crippen LogP contribution in [0.4, 0.5) is 10.3 Å². The molecule has 2 N–H and O–H groups in total. The van der Waals surface area contributed by atoms with Crippen LogP contribution in [0.25, 0.3) is 11.4 Å². The molecule has 0 unspecified atom stereocenters. The molecule has 1 aliphatic heterocycles. The van der Waals surface area contributed by atoms with E-state index in [-0.39, 0.29) is 5.82 Å². The Labute approximate surface area is 122 Å². The van der Waals surface area contributed by atoms with E-state index in [0.29, 0.717) is 23.1 Å². The Morgan fingerprint density at radius 1 is 1.29 bits per heavy atom. The lowest BCUT2D eigenvalue weighted by Gasteiger charge is -2.16. The topological polar surface area (TPSA) is 66.1 Å². The number of benzene rings is 1. The van der Waals surface area contributed by atoms with Gasteiger partial charge in [-0.05, 0) is 25.1 Å². The van der Waals surface area contributed by atoms with Crippen LogP contribution in [0.3, 0.4) is 0 Å². The minimum atomic E-state index is -0.380. The van der Waals surface area contributed by atoms with Crippen molar-refractivity contribution in [2.24, 2.45) is 0 Å². The molecule has 0 atom stereocenters. The summed E-state index contributed by atoms with van der Waals surface area (Å²) in [5.74, 6) is 1.15. The summed E-state index contributed by atoms with van der Waals surface area (Å²) in [7, 11) is 1.51. The lowest BCUT2D eigenvalue weighted by atomic mass is 10.2. The summed E-state index contributed by atoms with van der Waals surface area (Å²) in [5, 5.41) is 10.3. The van der Waals surface area contributed by atoms with E-state index in [1.165, 1.54) is 13.2 Å². The number of H-pyrrole nitrogens is 1. The number of nitrogens with one attached hydrogen (secondary N) is 2. The lowest BCUT2D eigenvalue weighted by molar-refractivity contribution is 0.411. The van der Waals surface area contributed by atoms with Crippen LogP contribution in [-0.2, 0) is 0 Å². The molecule has 1 aromatic carbocycles. The van der Waals surface area contributed by atoms with Gasteiger partial charge in [0.25, 0.3) is 0 Å². The van der Waals surface area contributed by atoms with Crippen molar-refractivity contribution in [1.82, 2.24) is 20.5 Å². The van der Waals surface area contributed by atoms with E-state index in [9.17, 15) is 4.39 Å². The van der Waals surface area contributed by atoms with Gasteiger partial charge in [0.15, 0.2) is 5.82 Å². The number of hydrogen-bond acceptors (Lipinski definition) is 5. The summed E-state index contributed by atoms with van der Waals surface area (Å²) in [6.07, 6.45) is 1.04. The van der Waals surface area contributed by atoms with Gasteiger partial charge in [-0.25, -0.2) is 4.39 Å². The second kappa shape index (κ2) is 6.09. The number of nitrogens with zero attached hydrogens (tertiary/aromatic N) is 3. The van der Waals surface area contributed by atoms with E-state index < -0.39 is 0 Å². The molecule has 1 saturated heterocycles. The first kappa shape index (κ1) is 13.8. The normalized spacial score (nSPS) is 15.8. The number of halogens is 1. The molecule has 0 aliphatic carbocycles. The molecule has 2 heterocycles. The lowest BCUT2D eigenvalue weighted by Crippen LogP contribution is -2.28. The number of aromatic nitrogens is 3. The number of aromatic amines is 1. The summed E-state index contributed by atoms with van der Waals surface area (Å²) in [4.78, 5) is 6.51. The van der Waals surface area contributed by atoms with Gasteiger partial charge in [-0.1, -0.05) is 0 Å². The van der Waals surface area contributed by atoms with Gasteiger partial charge < -0.3 is 15.0 Å². The Balaban J connectivity index is 1.84. The zero-order valence-corrected chi connectivity index (χ0v) is 11.9. The van der Waals surface area contributed by atoms with Crippen LogP contribution >= 0.6 is 0 Å². The molecule has 21 heavy (non-hydrogen) atoms. The van der Waals surface area contributed by atoms with E-state index in [0.717, 1.165) is 32.6 Å². The molecule has 112 valence electrons. The van der Waals surface area contributed by atoms with Gasteiger partial charge in [-0.15, -0.1) is 5.10 Å². The van der Waals surface area contributed by atoms with Crippen LogP contribution < -0.4 is 15.0 Å². The van der Waals surface area contributed by atoms with Crippen LogP contribution in [-0.4, -0.2) is 48.5 Å². The first-order valence-electron chi connectivity index (χ1n) is 7.00. The van der Waals surface area contributed by atoms with Crippen molar-refractivity contribution in [1.29, 1.82) is 0 Å². The molecule has 0 saturated carbocycles. The quantitative estimate of drug-likeness (QED) is 0.895. The maximum absolute atomic E-state index is 14.0. The van der Waals surface area contributed by atoms with Crippen LogP contribution in [0.5, 0.6) is 5.75 Å². The standard InChI is InChI=1S/C14H18FN5O/c1-21-10-3-4-11(12(15)9-10)13-17-14(19-18-13)20-7-2-5-16-6-8-20/h3-4,9,16H,2,5-8H2,1H3,(H,17,18,19). The van der Waals surface area contributed by atoms with E-state index in [2.05, 4.69) is 25.4 Å². The number of methoxy groups -OCH3 is 1. The van der Waals surface area contributed by atoms with Crippen molar-refractivity contribution in [2.75, 3.05) is 38.2 Å². The van der Waals surface area contributed by atoms with Gasteiger partial charge >= 0.3 is 0 Å². The molecule has 0 spiro atoms. The average Bonchev–Trinajstić information content (AvgIpc) is 2.82. The first-order chi connectivity index (χ1) is 10.3. The van der Waals surface area contributed by atoms with E-state index in [1.54, 1.807) is 12.1 Å². The fourth-order valence-corrected chi connectivity index (χ4v) is 2.38. The highest BCUT2D eigenvalue weighted by atomic mass is 19.1. The third kappa shape index (κ3) is 2.97. The molecular weight excluding hydrogens is 273 g/mol. The molecule has 2 aromatic rings. The zero-order chi connectivity index (χ0) is 14.7. The Kier molecular flexibility index (Phi) is 4.01. The van der Waals surface area contributed by atoms with Crippen LogP contribution in [0.15, 0.2) is 18.2 Å². The van der Waals surface area contributed by atoms with Gasteiger partial charge in [0.2, 0.25) is 5.95 Å². The van der Waals surface area contributed by atoms with Crippen molar-refractivity contribution in [2.45, 2.75) is 6.42 Å². The summed E-state index contributed by atoms with van der Waals surface area (Å²) < 4.78 is 19.0. The number of rotatable bonds is 3. The highest BCUT2D eigenvalue weighted by Crippen LogP contribution is 2.24. The van der Waals surface area contributed by atoms with Crippen molar-refractivity contribution < 1.29 is 9.13 Å². The number of anilines is 1. The molecule has 0 radical (unpaired) electrons. The minimum Gasteiger partial charge on any atom is -0.497 e. The fourth-order valence-electron chi connectivity index (χ4n) is 2.38. The predicted octanol–water partition coefficient (Wildman–Crippen LogP) is 1.42. The fraction of sp³-hybridized carbons (Fsp3) is 0.429. The van der Waals surface area contributed by atoms with Gasteiger partial charge in [0, 0.05) is 25.7 Å². The summed E-state index contributed by atoms with van der Waals surface area (Å²) in [6.45, 7) is 3.65. The zero-order valence-electron chi connectivity index (χ0n) is 11.9. The maximum atomic E-state index is 14.0. The SMILES string of the molecule is COc1ccc(-c2nc(N3CCCNCC3)n[nH]2)c(F)c1. The summed E-state index contributed by atoms with van der Waals surface area (Å²) in [6, 6.07) is 4.69. The summed E-state index contributed by atoms with van der Waals surface area (Å²) >= 11 is 0. The Bertz CT molecular complexity index is 607. The Morgan fingerprint density at radius 3 is 3.00 bits per heavy atom. The smallest absolute Gasteiger partial charge is 0.245 e. The van der Waals surface area contributed by atoms with Crippen LogP contribution in [0.2, 0.25) is 0 Å². The van der Waals surface area contributed by atoms with Gasteiger partial charge in [0.1, 0.15) is 11.6 Å². The van der Waals surface area contributed by atoms with Crippen molar-refractivity contribution in [3.05, 3.63) is 24.0 Å². The predicted molar refractivity (Wildman–Crippen MR) is 78.0 cm³/mol. The van der Waals surface area contributed by atoms with Crippen molar-refractivity contribution in [3.8, 4) is 17.1 Å². The largest absolute Gasteiger partial charge is 0.497 e. The third-order valence-electron chi connectivity index (χ3n) is 3.53. The summed E-state index contributed by atoms with van der Waals surface area (Å²) in [5.41, 5.74) is 0.391. The van der Waals surface area contributed by atoms with Crippen LogP contribution in [0, 0.1) is 5.82 Å². The van der Waals surface area contributed by atoms with E-state index in [4.69, 9.17) is 4.74 Å². The second-order valence-corrected chi connectivity index (χ2v) is 4.92. The Hall–Kier alpha value is -2.15. The van der Waals surface area contributed by atoms with Gasteiger partial charge in [-0.3, -0.25) is 5.10 Å². The minimum absolute atomic E-state index is 0.380. The molecule has 7 heteroatoms. The molecule has 1 aromatic heterocycles. The van der Waals surface area contributed by atoms with Crippen molar-refractivity contribution in [3.63, 3.8) is 0 Å². The second-order valence-electron chi connectivity index (χ2n) is 4.92. The van der Waals surface area contributed by atoms with Gasteiger partial charge in [0.05, 0.1) is 12.7 Å². The molecule has 0 amide bonds. The van der Waals surface area contributed by atoms with E-state index >= 15 is 0 Å². The number of hydrogen-bond donors (Lipinski definition) is 2. The van der Waals surface area contributed by atoms with E-state index in [1.807, 2.05) is 0 Å². The monoisotopic (exact) mass is 291 g/mol. The highest BCUT2D eigenvalue weighted by Gasteiger charge is 2.16. The number of ether oxygens (including phenoxy) is 1. The first-order valence-corrected chi connectivity index (χ1v) is 7.00. The van der Waals surface area contributed by atoms with Gasteiger partial charge in [-0.2, -0.15) is 4.98 Å². The molecular formula is C14H18FN5O. The molecule has 3 rings (SSSR count). The van der Waals surface area contributed by atoms with Crippen molar-refractivity contribution >= 4 is 5.95 Å². The maximum Gasteiger partial charge on any atom is 0.245 e. The highest BCUT2D eigenvalue weighted by molar-refractivity contribution is 5.58. The molecule has 1 fully saturated rings.